The fraction of sp³-hybridized carbons (Fsp3) is 0.182. The van der Waals surface area contributed by atoms with Crippen LogP contribution in [-0.4, -0.2) is 21.2 Å². The van der Waals surface area contributed by atoms with Crippen molar-refractivity contribution in [2.24, 2.45) is 0 Å². The Bertz CT molecular complexity index is 539. The third kappa shape index (κ3) is 3.07. The molecular formula is C11H10N2O3S. The summed E-state index contributed by atoms with van der Waals surface area (Å²) < 4.78 is 5.06. The van der Waals surface area contributed by atoms with Crippen LogP contribution >= 0.6 is 11.8 Å². The largest absolute Gasteiger partial charge is 0.477 e. The van der Waals surface area contributed by atoms with Gasteiger partial charge in [0.15, 0.2) is 0 Å². The number of hydrogen-bond acceptors (Lipinski definition) is 5. The van der Waals surface area contributed by atoms with Crippen molar-refractivity contribution in [2.75, 3.05) is 0 Å². The molecule has 0 amide bonds. The highest BCUT2D eigenvalue weighted by Gasteiger charge is 2.06. The molecule has 88 valence electrons. The van der Waals surface area contributed by atoms with Crippen LogP contribution in [0.4, 0.5) is 0 Å². The minimum absolute atomic E-state index is 0.0451. The second kappa shape index (κ2) is 5.01. The second-order valence-electron chi connectivity index (χ2n) is 3.41. The molecule has 6 heteroatoms. The number of carboxylic acids is 1. The van der Waals surface area contributed by atoms with Crippen molar-refractivity contribution in [3.63, 3.8) is 0 Å². The van der Waals surface area contributed by atoms with Gasteiger partial charge in [-0.3, -0.25) is 0 Å². The molecule has 0 aliphatic rings. The zero-order valence-electron chi connectivity index (χ0n) is 9.08. The number of aromatic carboxylic acids is 1. The first-order valence-corrected chi connectivity index (χ1v) is 5.88. The SMILES string of the molecule is Cc1cc(CSc2ccnc(C(=O)O)c2)on1. The summed E-state index contributed by atoms with van der Waals surface area (Å²) in [5, 5.41) is 12.6. The van der Waals surface area contributed by atoms with E-state index < -0.39 is 5.97 Å². The fourth-order valence-corrected chi connectivity index (χ4v) is 2.05. The summed E-state index contributed by atoms with van der Waals surface area (Å²) >= 11 is 1.48. The third-order valence-electron chi connectivity index (χ3n) is 2.01. The average molecular weight is 250 g/mol. The molecule has 0 aromatic carbocycles. The smallest absolute Gasteiger partial charge is 0.354 e. The number of rotatable bonds is 4. The van der Waals surface area contributed by atoms with E-state index in [1.165, 1.54) is 24.0 Å². The first kappa shape index (κ1) is 11.7. The van der Waals surface area contributed by atoms with Gasteiger partial charge in [0.05, 0.1) is 11.4 Å². The lowest BCUT2D eigenvalue weighted by molar-refractivity contribution is 0.0690. The molecule has 1 N–H and O–H groups in total. The fourth-order valence-electron chi connectivity index (χ4n) is 1.26. The highest BCUT2D eigenvalue weighted by molar-refractivity contribution is 7.98. The Balaban J connectivity index is 2.04. The predicted octanol–water partition coefficient (Wildman–Crippen LogP) is 2.37. The summed E-state index contributed by atoms with van der Waals surface area (Å²) in [4.78, 5) is 15.3. The molecule has 17 heavy (non-hydrogen) atoms. The molecule has 0 saturated heterocycles. The van der Waals surface area contributed by atoms with Crippen LogP contribution in [0.3, 0.4) is 0 Å². The van der Waals surface area contributed by atoms with E-state index in [9.17, 15) is 4.79 Å². The lowest BCUT2D eigenvalue weighted by atomic mass is 10.3. The van der Waals surface area contributed by atoms with Crippen molar-refractivity contribution in [3.8, 4) is 0 Å². The molecule has 0 fully saturated rings. The van der Waals surface area contributed by atoms with Crippen molar-refractivity contribution in [3.05, 3.63) is 41.5 Å². The van der Waals surface area contributed by atoms with Crippen LogP contribution in [-0.2, 0) is 5.75 Å². The summed E-state index contributed by atoms with van der Waals surface area (Å²) in [6, 6.07) is 5.16. The number of aromatic nitrogens is 2. The topological polar surface area (TPSA) is 76.2 Å². The standard InChI is InChI=1S/C11H10N2O3S/c1-7-4-8(16-13-7)6-17-9-2-3-12-10(5-9)11(14)15/h2-5H,6H2,1H3,(H,14,15). The van der Waals surface area contributed by atoms with Crippen molar-refractivity contribution >= 4 is 17.7 Å². The summed E-state index contributed by atoms with van der Waals surface area (Å²) in [5.41, 5.74) is 0.880. The highest BCUT2D eigenvalue weighted by Crippen LogP contribution is 2.23. The van der Waals surface area contributed by atoms with E-state index in [4.69, 9.17) is 9.63 Å². The quantitative estimate of drug-likeness (QED) is 0.839. The summed E-state index contributed by atoms with van der Waals surface area (Å²) in [7, 11) is 0. The van der Waals surface area contributed by atoms with Gasteiger partial charge in [0.25, 0.3) is 0 Å². The van der Waals surface area contributed by atoms with Crippen molar-refractivity contribution in [1.29, 1.82) is 0 Å². The maximum Gasteiger partial charge on any atom is 0.354 e. The van der Waals surface area contributed by atoms with Crippen LogP contribution in [0.5, 0.6) is 0 Å². The predicted molar refractivity (Wildman–Crippen MR) is 62.0 cm³/mol. The van der Waals surface area contributed by atoms with Crippen molar-refractivity contribution < 1.29 is 14.4 Å². The summed E-state index contributed by atoms with van der Waals surface area (Å²) in [6.45, 7) is 1.85. The lowest BCUT2D eigenvalue weighted by Gasteiger charge is -1.99. The molecule has 0 aliphatic heterocycles. The van der Waals surface area contributed by atoms with Crippen molar-refractivity contribution in [2.45, 2.75) is 17.6 Å². The number of carbonyl (C=O) groups is 1. The third-order valence-corrected chi connectivity index (χ3v) is 3.02. The Morgan fingerprint density at radius 1 is 1.53 bits per heavy atom. The van der Waals surface area contributed by atoms with Gasteiger partial charge in [-0.2, -0.15) is 0 Å². The molecule has 2 aromatic rings. The van der Waals surface area contributed by atoms with Crippen LogP contribution in [0.1, 0.15) is 21.9 Å². The van der Waals surface area contributed by atoms with Gasteiger partial charge >= 0.3 is 5.97 Å². The molecule has 0 bridgehead atoms. The number of thioether (sulfide) groups is 1. The molecule has 0 spiro atoms. The average Bonchev–Trinajstić information content (AvgIpc) is 2.73. The first-order valence-electron chi connectivity index (χ1n) is 4.89. The molecule has 0 aliphatic carbocycles. The van der Waals surface area contributed by atoms with E-state index in [-0.39, 0.29) is 5.69 Å². The van der Waals surface area contributed by atoms with E-state index in [2.05, 4.69) is 10.1 Å². The highest BCUT2D eigenvalue weighted by atomic mass is 32.2. The van der Waals surface area contributed by atoms with E-state index >= 15 is 0 Å². The lowest BCUT2D eigenvalue weighted by Crippen LogP contribution is -1.99. The minimum atomic E-state index is -1.03. The van der Waals surface area contributed by atoms with Gasteiger partial charge in [-0.05, 0) is 19.1 Å². The molecular weight excluding hydrogens is 240 g/mol. The molecule has 5 nitrogen and oxygen atoms in total. The molecule has 2 rings (SSSR count). The second-order valence-corrected chi connectivity index (χ2v) is 4.45. The zero-order valence-corrected chi connectivity index (χ0v) is 9.90. The van der Waals surface area contributed by atoms with Crippen molar-refractivity contribution in [1.82, 2.24) is 10.1 Å². The number of aryl methyl sites for hydroxylation is 1. The van der Waals surface area contributed by atoms with Crippen LogP contribution in [0, 0.1) is 6.92 Å². The molecule has 0 atom stereocenters. The first-order chi connectivity index (χ1) is 8.15. The van der Waals surface area contributed by atoms with Crippen LogP contribution in [0.25, 0.3) is 0 Å². The molecule has 0 saturated carbocycles. The van der Waals surface area contributed by atoms with Gasteiger partial charge in [0.1, 0.15) is 11.5 Å². The Morgan fingerprint density at radius 3 is 3.00 bits per heavy atom. The van der Waals surface area contributed by atoms with Crippen LogP contribution in [0.2, 0.25) is 0 Å². The maximum absolute atomic E-state index is 10.7. The normalized spacial score (nSPS) is 10.4. The monoisotopic (exact) mass is 250 g/mol. The number of pyridine rings is 1. The van der Waals surface area contributed by atoms with Gasteiger partial charge in [-0.15, -0.1) is 11.8 Å². The summed E-state index contributed by atoms with van der Waals surface area (Å²) in [5.74, 6) is 0.355. The molecule has 0 radical (unpaired) electrons. The van der Waals surface area contributed by atoms with E-state index in [0.717, 1.165) is 16.3 Å². The van der Waals surface area contributed by atoms with E-state index in [1.54, 1.807) is 6.07 Å². The van der Waals surface area contributed by atoms with Gasteiger partial charge in [0, 0.05) is 17.2 Å². The zero-order chi connectivity index (χ0) is 12.3. The Morgan fingerprint density at radius 2 is 2.35 bits per heavy atom. The maximum atomic E-state index is 10.7. The van der Waals surface area contributed by atoms with Gasteiger partial charge in [0.2, 0.25) is 0 Å². The Kier molecular flexibility index (Phi) is 3.43. The number of nitrogens with zero attached hydrogens (tertiary/aromatic N) is 2. The van der Waals surface area contributed by atoms with E-state index in [0.29, 0.717) is 5.75 Å². The van der Waals surface area contributed by atoms with Crippen LogP contribution < -0.4 is 0 Å². The molecule has 2 heterocycles. The molecule has 0 unspecified atom stereocenters. The van der Waals surface area contributed by atoms with Crippen LogP contribution in [0.15, 0.2) is 33.8 Å². The number of hydrogen-bond donors (Lipinski definition) is 1. The molecule has 2 aromatic heterocycles. The van der Waals surface area contributed by atoms with Gasteiger partial charge < -0.3 is 9.63 Å². The Labute approximate surface area is 102 Å². The van der Waals surface area contributed by atoms with Gasteiger partial charge in [-0.25, -0.2) is 9.78 Å². The summed E-state index contributed by atoms with van der Waals surface area (Å²) in [6.07, 6.45) is 1.48. The minimum Gasteiger partial charge on any atom is -0.477 e. The van der Waals surface area contributed by atoms with Gasteiger partial charge in [-0.1, -0.05) is 5.16 Å². The number of carboxylic acid groups (broad SMARTS) is 1. The van der Waals surface area contributed by atoms with E-state index in [1.807, 2.05) is 13.0 Å². The Hall–Kier alpha value is -1.82.